The molecule has 0 bridgehead atoms. The lowest BCUT2D eigenvalue weighted by Crippen LogP contribution is -2.35. The van der Waals surface area contributed by atoms with Gasteiger partial charge in [0.25, 0.3) is 0 Å². The lowest BCUT2D eigenvalue weighted by molar-refractivity contribution is 0.479. The summed E-state index contributed by atoms with van der Waals surface area (Å²) in [4.78, 5) is 13.3. The van der Waals surface area contributed by atoms with Gasteiger partial charge in [-0.15, -0.1) is 11.3 Å². The Morgan fingerprint density at radius 1 is 1.14 bits per heavy atom. The van der Waals surface area contributed by atoms with Crippen molar-refractivity contribution >= 4 is 28.9 Å². The molecule has 0 aliphatic heterocycles. The summed E-state index contributed by atoms with van der Waals surface area (Å²) < 4.78 is 0. The molecule has 0 aliphatic carbocycles. The molecule has 22 heavy (non-hydrogen) atoms. The number of aliphatic imine (C=N–C) groups is 1. The second kappa shape index (κ2) is 7.61. The molecule has 1 aromatic heterocycles. The van der Waals surface area contributed by atoms with E-state index in [1.54, 1.807) is 11.3 Å². The molecule has 2 aromatic rings. The highest BCUT2D eigenvalue weighted by molar-refractivity contribution is 7.13. The smallest absolute Gasteiger partial charge is 0.195 e. The monoisotopic (exact) mass is 336 g/mol. The summed E-state index contributed by atoms with van der Waals surface area (Å²) in [7, 11) is 8.00. The second-order valence-corrected chi connectivity index (χ2v) is 6.67. The van der Waals surface area contributed by atoms with Gasteiger partial charge in [-0.3, -0.25) is 4.99 Å². The lowest BCUT2D eigenvalue weighted by atomic mass is 10.2. The third-order valence-corrected chi connectivity index (χ3v) is 4.26. The fourth-order valence-corrected chi connectivity index (χ4v) is 3.09. The van der Waals surface area contributed by atoms with Crippen molar-refractivity contribution in [3.63, 3.8) is 0 Å². The Labute approximate surface area is 141 Å². The maximum absolute atomic E-state index is 5.91. The van der Waals surface area contributed by atoms with Crippen LogP contribution < -0.4 is 0 Å². The van der Waals surface area contributed by atoms with E-state index in [9.17, 15) is 0 Å². The van der Waals surface area contributed by atoms with E-state index in [4.69, 9.17) is 11.6 Å². The molecule has 1 heterocycles. The Bertz CT molecular complexity index is 622. The number of hydrogen-bond donors (Lipinski definition) is 0. The van der Waals surface area contributed by atoms with Crippen LogP contribution in [0.3, 0.4) is 0 Å². The zero-order valence-electron chi connectivity index (χ0n) is 13.4. The molecule has 2 rings (SSSR count). The van der Waals surface area contributed by atoms with E-state index >= 15 is 0 Å². The van der Waals surface area contributed by atoms with Gasteiger partial charge in [-0.25, -0.2) is 4.98 Å². The maximum atomic E-state index is 5.91. The quantitative estimate of drug-likeness (QED) is 0.632. The fraction of sp³-hybridized carbons (Fsp3) is 0.375. The molecule has 0 radical (unpaired) electrons. The van der Waals surface area contributed by atoms with Crippen LogP contribution in [-0.4, -0.2) is 55.5 Å². The van der Waals surface area contributed by atoms with Gasteiger partial charge >= 0.3 is 0 Å². The van der Waals surface area contributed by atoms with Gasteiger partial charge in [-0.05, 0) is 12.1 Å². The zero-order valence-corrected chi connectivity index (χ0v) is 14.9. The van der Waals surface area contributed by atoms with Crippen LogP contribution in [0.4, 0.5) is 0 Å². The third kappa shape index (κ3) is 4.45. The van der Waals surface area contributed by atoms with E-state index in [0.717, 1.165) is 40.2 Å². The molecule has 4 nitrogen and oxygen atoms in total. The normalized spacial score (nSPS) is 10.4. The van der Waals surface area contributed by atoms with E-state index in [0.29, 0.717) is 0 Å². The average molecular weight is 337 g/mol. The first kappa shape index (κ1) is 16.8. The minimum Gasteiger partial charge on any atom is -0.349 e. The first-order valence-corrected chi connectivity index (χ1v) is 8.32. The molecule has 0 spiro atoms. The van der Waals surface area contributed by atoms with E-state index in [1.165, 1.54) is 0 Å². The Hall–Kier alpha value is -1.59. The summed E-state index contributed by atoms with van der Waals surface area (Å²) >= 11 is 7.57. The maximum Gasteiger partial charge on any atom is 0.195 e. The zero-order chi connectivity index (χ0) is 16.1. The van der Waals surface area contributed by atoms with Gasteiger partial charge in [0, 0.05) is 57.1 Å². The topological polar surface area (TPSA) is 31.7 Å². The van der Waals surface area contributed by atoms with Crippen LogP contribution in [-0.2, 0) is 6.42 Å². The number of guanidine groups is 1. The summed E-state index contributed by atoms with van der Waals surface area (Å²) in [5.74, 6) is 0.966. The molecule has 6 heteroatoms. The van der Waals surface area contributed by atoms with Crippen LogP contribution >= 0.6 is 22.9 Å². The predicted octanol–water partition coefficient (Wildman–Crippen LogP) is 3.49. The van der Waals surface area contributed by atoms with Gasteiger partial charge in [0.05, 0.1) is 5.69 Å². The summed E-state index contributed by atoms with van der Waals surface area (Å²) in [6.45, 7) is 0.732. The van der Waals surface area contributed by atoms with Crippen molar-refractivity contribution in [2.24, 2.45) is 4.99 Å². The van der Waals surface area contributed by atoms with Crippen LogP contribution in [0.15, 0.2) is 34.6 Å². The van der Waals surface area contributed by atoms with E-state index in [2.05, 4.69) is 15.4 Å². The predicted molar refractivity (Wildman–Crippen MR) is 95.9 cm³/mol. The van der Waals surface area contributed by atoms with Crippen LogP contribution in [0.1, 0.15) is 5.69 Å². The minimum atomic E-state index is 0.732. The van der Waals surface area contributed by atoms with Crippen molar-refractivity contribution in [3.8, 4) is 10.6 Å². The SMILES string of the molecule is CN(C)C(=NCCc1csc(-c2ccc(Cl)cc2)n1)N(C)C. The second-order valence-electron chi connectivity index (χ2n) is 5.37. The number of thiazole rings is 1. The molecule has 118 valence electrons. The molecule has 0 saturated heterocycles. The first-order chi connectivity index (χ1) is 10.5. The van der Waals surface area contributed by atoms with Crippen LogP contribution in [0.5, 0.6) is 0 Å². The van der Waals surface area contributed by atoms with Crippen LogP contribution in [0.25, 0.3) is 10.6 Å². The average Bonchev–Trinajstić information content (AvgIpc) is 2.92. The Morgan fingerprint density at radius 3 is 2.36 bits per heavy atom. The number of nitrogens with zero attached hydrogens (tertiary/aromatic N) is 4. The van der Waals surface area contributed by atoms with Crippen molar-refractivity contribution < 1.29 is 0 Å². The number of rotatable bonds is 4. The largest absolute Gasteiger partial charge is 0.349 e. The lowest BCUT2D eigenvalue weighted by Gasteiger charge is -2.22. The molecule has 0 unspecified atom stereocenters. The molecule has 0 fully saturated rings. The van der Waals surface area contributed by atoms with E-state index < -0.39 is 0 Å². The molecule has 0 N–H and O–H groups in total. The summed E-state index contributed by atoms with van der Waals surface area (Å²) in [6, 6.07) is 7.78. The van der Waals surface area contributed by atoms with E-state index in [-0.39, 0.29) is 0 Å². The van der Waals surface area contributed by atoms with E-state index in [1.807, 2.05) is 62.3 Å². The van der Waals surface area contributed by atoms with Gasteiger partial charge in [-0.1, -0.05) is 23.7 Å². The Morgan fingerprint density at radius 2 is 1.77 bits per heavy atom. The standard InChI is InChI=1S/C16H21ClN4S/c1-20(2)16(21(3)4)18-10-9-14-11-22-15(19-14)12-5-7-13(17)8-6-12/h5-8,11H,9-10H2,1-4H3. The minimum absolute atomic E-state index is 0.732. The Balaban J connectivity index is 2.00. The highest BCUT2D eigenvalue weighted by atomic mass is 35.5. The van der Waals surface area contributed by atoms with Crippen molar-refractivity contribution in [3.05, 3.63) is 40.4 Å². The summed E-state index contributed by atoms with van der Waals surface area (Å²) in [5.41, 5.74) is 2.18. The van der Waals surface area contributed by atoms with Crippen LogP contribution in [0, 0.1) is 0 Å². The third-order valence-electron chi connectivity index (χ3n) is 3.06. The molecular weight excluding hydrogens is 316 g/mol. The van der Waals surface area contributed by atoms with Gasteiger partial charge in [0.15, 0.2) is 5.96 Å². The van der Waals surface area contributed by atoms with Crippen molar-refractivity contribution in [1.29, 1.82) is 0 Å². The summed E-state index contributed by atoms with van der Waals surface area (Å²) in [5, 5.41) is 3.87. The number of benzene rings is 1. The molecule has 0 saturated carbocycles. The highest BCUT2D eigenvalue weighted by Crippen LogP contribution is 2.25. The number of halogens is 1. The molecule has 0 amide bonds. The molecule has 1 aromatic carbocycles. The van der Waals surface area contributed by atoms with Crippen molar-refractivity contribution in [1.82, 2.24) is 14.8 Å². The van der Waals surface area contributed by atoms with Crippen molar-refractivity contribution in [2.45, 2.75) is 6.42 Å². The highest BCUT2D eigenvalue weighted by Gasteiger charge is 2.06. The fourth-order valence-electron chi connectivity index (χ4n) is 2.10. The van der Waals surface area contributed by atoms with Gasteiger partial charge in [-0.2, -0.15) is 0 Å². The van der Waals surface area contributed by atoms with Gasteiger partial charge < -0.3 is 9.80 Å². The molecular formula is C16H21ClN4S. The van der Waals surface area contributed by atoms with Crippen LogP contribution in [0.2, 0.25) is 5.02 Å². The molecule has 0 atom stereocenters. The molecule has 0 aliphatic rings. The number of aromatic nitrogens is 1. The van der Waals surface area contributed by atoms with Gasteiger partial charge in [0.2, 0.25) is 0 Å². The first-order valence-electron chi connectivity index (χ1n) is 7.07. The van der Waals surface area contributed by atoms with Gasteiger partial charge in [0.1, 0.15) is 5.01 Å². The Kier molecular flexibility index (Phi) is 5.80. The summed E-state index contributed by atoms with van der Waals surface area (Å²) in [6.07, 6.45) is 0.843. The van der Waals surface area contributed by atoms with Crippen molar-refractivity contribution in [2.75, 3.05) is 34.7 Å². The number of hydrogen-bond acceptors (Lipinski definition) is 3.